The quantitative estimate of drug-likeness (QED) is 0.757. The zero-order valence-electron chi connectivity index (χ0n) is 11.8. The molecule has 3 nitrogen and oxygen atoms in total. The van der Waals surface area contributed by atoms with E-state index in [1.54, 1.807) is 0 Å². The first-order valence-corrected chi connectivity index (χ1v) is 6.61. The minimum absolute atomic E-state index is 0.217. The average molecular weight is 251 g/mol. The zero-order chi connectivity index (χ0) is 13.5. The van der Waals surface area contributed by atoms with Gasteiger partial charge in [0.1, 0.15) is 5.75 Å². The van der Waals surface area contributed by atoms with Crippen LogP contribution in [0.5, 0.6) is 5.75 Å². The van der Waals surface area contributed by atoms with Crippen LogP contribution in [0.15, 0.2) is 24.3 Å². The van der Waals surface area contributed by atoms with Gasteiger partial charge in [-0.3, -0.25) is 0 Å². The molecule has 1 aromatic rings. The van der Waals surface area contributed by atoms with Gasteiger partial charge < -0.3 is 15.2 Å². The first-order chi connectivity index (χ1) is 8.52. The van der Waals surface area contributed by atoms with Gasteiger partial charge >= 0.3 is 0 Å². The van der Waals surface area contributed by atoms with E-state index in [1.807, 2.05) is 19.1 Å². The van der Waals surface area contributed by atoms with Crippen LogP contribution in [0.3, 0.4) is 0 Å². The Labute approximate surface area is 110 Å². The number of ether oxygens (including phenoxy) is 2. The second-order valence-electron chi connectivity index (χ2n) is 5.12. The van der Waals surface area contributed by atoms with E-state index >= 15 is 0 Å². The minimum atomic E-state index is -0.217. The summed E-state index contributed by atoms with van der Waals surface area (Å²) in [5.41, 5.74) is 6.88. The van der Waals surface area contributed by atoms with Crippen LogP contribution < -0.4 is 10.5 Å². The fourth-order valence-corrected chi connectivity index (χ4v) is 1.56. The Morgan fingerprint density at radius 1 is 1.06 bits per heavy atom. The second-order valence-corrected chi connectivity index (χ2v) is 5.12. The topological polar surface area (TPSA) is 44.5 Å². The molecule has 0 aliphatic carbocycles. The van der Waals surface area contributed by atoms with Gasteiger partial charge in [-0.2, -0.15) is 0 Å². The molecule has 0 saturated heterocycles. The molecule has 1 rings (SSSR count). The molecular weight excluding hydrogens is 226 g/mol. The summed E-state index contributed by atoms with van der Waals surface area (Å²) >= 11 is 0. The average Bonchev–Trinajstić information content (AvgIpc) is 2.36. The lowest BCUT2D eigenvalue weighted by Gasteiger charge is -2.17. The van der Waals surface area contributed by atoms with E-state index < -0.39 is 0 Å². The number of benzene rings is 1. The van der Waals surface area contributed by atoms with Gasteiger partial charge in [0, 0.05) is 0 Å². The maximum absolute atomic E-state index is 5.68. The predicted molar refractivity (Wildman–Crippen MR) is 74.8 cm³/mol. The first kappa shape index (κ1) is 15.0. The van der Waals surface area contributed by atoms with Crippen molar-refractivity contribution in [2.75, 3.05) is 13.2 Å². The monoisotopic (exact) mass is 251 g/mol. The summed E-state index contributed by atoms with van der Waals surface area (Å²) in [5, 5.41) is 0. The summed E-state index contributed by atoms with van der Waals surface area (Å²) in [6.07, 6.45) is -0.217. The van der Waals surface area contributed by atoms with Gasteiger partial charge in [0.25, 0.3) is 0 Å². The highest BCUT2D eigenvalue weighted by molar-refractivity contribution is 5.29. The number of nitrogens with two attached hydrogens (primary N) is 1. The van der Waals surface area contributed by atoms with Gasteiger partial charge in [-0.1, -0.05) is 32.9 Å². The van der Waals surface area contributed by atoms with Crippen molar-refractivity contribution in [1.29, 1.82) is 0 Å². The van der Waals surface area contributed by atoms with E-state index in [1.165, 1.54) is 5.56 Å². The maximum atomic E-state index is 5.68. The highest BCUT2D eigenvalue weighted by Gasteiger charge is 2.07. The molecule has 0 saturated carbocycles. The van der Waals surface area contributed by atoms with Crippen molar-refractivity contribution in [2.24, 2.45) is 11.7 Å². The highest BCUT2D eigenvalue weighted by Crippen LogP contribution is 2.19. The summed E-state index contributed by atoms with van der Waals surface area (Å²) < 4.78 is 11.2. The summed E-state index contributed by atoms with van der Waals surface area (Å²) in [6, 6.07) is 8.05. The Bertz CT molecular complexity index is 335. The van der Waals surface area contributed by atoms with Gasteiger partial charge in [-0.25, -0.2) is 0 Å². The van der Waals surface area contributed by atoms with E-state index in [4.69, 9.17) is 15.2 Å². The zero-order valence-corrected chi connectivity index (χ0v) is 11.8. The Hall–Kier alpha value is -1.06. The van der Waals surface area contributed by atoms with E-state index in [0.29, 0.717) is 25.0 Å². The molecule has 0 radical (unpaired) electrons. The number of rotatable bonds is 7. The largest absolute Gasteiger partial charge is 0.465 e. The third-order valence-electron chi connectivity index (χ3n) is 2.77. The van der Waals surface area contributed by atoms with Crippen molar-refractivity contribution in [3.8, 4) is 5.75 Å². The summed E-state index contributed by atoms with van der Waals surface area (Å²) in [6.45, 7) is 9.64. The van der Waals surface area contributed by atoms with Crippen LogP contribution >= 0.6 is 0 Å². The van der Waals surface area contributed by atoms with E-state index in [0.717, 1.165) is 5.75 Å². The molecule has 0 aliphatic heterocycles. The van der Waals surface area contributed by atoms with Crippen molar-refractivity contribution < 1.29 is 9.47 Å². The molecule has 0 amide bonds. The van der Waals surface area contributed by atoms with Crippen LogP contribution in [0.1, 0.15) is 39.2 Å². The predicted octanol–water partition coefficient (Wildman–Crippen LogP) is 3.15. The second kappa shape index (κ2) is 7.39. The highest BCUT2D eigenvalue weighted by atomic mass is 16.7. The van der Waals surface area contributed by atoms with Crippen molar-refractivity contribution in [3.05, 3.63) is 29.8 Å². The Balaban J connectivity index is 2.48. The van der Waals surface area contributed by atoms with Crippen molar-refractivity contribution >= 4 is 0 Å². The first-order valence-electron chi connectivity index (χ1n) is 6.61. The molecule has 2 unspecified atom stereocenters. The third kappa shape index (κ3) is 5.07. The molecule has 0 aliphatic rings. The Morgan fingerprint density at radius 3 is 2.17 bits per heavy atom. The van der Waals surface area contributed by atoms with Crippen molar-refractivity contribution in [1.82, 2.24) is 0 Å². The third-order valence-corrected chi connectivity index (χ3v) is 2.77. The summed E-state index contributed by atoms with van der Waals surface area (Å²) in [7, 11) is 0. The van der Waals surface area contributed by atoms with Crippen LogP contribution in [-0.4, -0.2) is 19.4 Å². The van der Waals surface area contributed by atoms with Crippen LogP contribution in [0.25, 0.3) is 0 Å². The molecular formula is C15H25NO2. The molecule has 0 bridgehead atoms. The van der Waals surface area contributed by atoms with Crippen LogP contribution in [0.4, 0.5) is 0 Å². The van der Waals surface area contributed by atoms with Gasteiger partial charge in [0.05, 0.1) is 6.61 Å². The van der Waals surface area contributed by atoms with Gasteiger partial charge in [0.15, 0.2) is 6.29 Å². The van der Waals surface area contributed by atoms with Crippen molar-refractivity contribution in [2.45, 2.75) is 39.9 Å². The van der Waals surface area contributed by atoms with E-state index in [-0.39, 0.29) is 6.29 Å². The minimum Gasteiger partial charge on any atom is -0.465 e. The molecule has 3 heteroatoms. The molecule has 0 fully saturated rings. The fraction of sp³-hybridized carbons (Fsp3) is 0.600. The lowest BCUT2D eigenvalue weighted by molar-refractivity contribution is -0.0755. The standard InChI is InChI=1S/C15H25NO2/c1-11(2)10-17-13(4)18-15-7-5-14(6-8-15)12(3)9-16/h5-8,11-13H,9-10,16H2,1-4H3. The van der Waals surface area contributed by atoms with Crippen LogP contribution in [0, 0.1) is 5.92 Å². The molecule has 18 heavy (non-hydrogen) atoms. The SMILES string of the molecule is CC(C)COC(C)Oc1ccc(C(C)CN)cc1. The Morgan fingerprint density at radius 2 is 1.67 bits per heavy atom. The fourth-order valence-electron chi connectivity index (χ4n) is 1.56. The molecule has 2 N–H and O–H groups in total. The van der Waals surface area contributed by atoms with Crippen molar-refractivity contribution in [3.63, 3.8) is 0 Å². The van der Waals surface area contributed by atoms with Crippen LogP contribution in [-0.2, 0) is 4.74 Å². The Kier molecular flexibility index (Phi) is 6.16. The molecule has 0 aromatic heterocycles. The van der Waals surface area contributed by atoms with Gasteiger partial charge in [-0.05, 0) is 43.0 Å². The summed E-state index contributed by atoms with van der Waals surface area (Å²) in [4.78, 5) is 0. The number of hydrogen-bond acceptors (Lipinski definition) is 3. The number of hydrogen-bond donors (Lipinski definition) is 1. The lowest BCUT2D eigenvalue weighted by atomic mass is 10.0. The summed E-state index contributed by atoms with van der Waals surface area (Å²) in [5.74, 6) is 1.73. The molecule has 0 heterocycles. The molecule has 0 spiro atoms. The van der Waals surface area contributed by atoms with Crippen LogP contribution in [0.2, 0.25) is 0 Å². The molecule has 2 atom stereocenters. The van der Waals surface area contributed by atoms with E-state index in [9.17, 15) is 0 Å². The normalized spacial score (nSPS) is 14.6. The van der Waals surface area contributed by atoms with Gasteiger partial charge in [-0.15, -0.1) is 0 Å². The molecule has 1 aromatic carbocycles. The molecule has 102 valence electrons. The van der Waals surface area contributed by atoms with Gasteiger partial charge in [0.2, 0.25) is 0 Å². The van der Waals surface area contributed by atoms with E-state index in [2.05, 4.69) is 32.9 Å². The maximum Gasteiger partial charge on any atom is 0.196 e. The lowest BCUT2D eigenvalue weighted by Crippen LogP contribution is -2.19. The smallest absolute Gasteiger partial charge is 0.196 e.